The van der Waals surface area contributed by atoms with Gasteiger partial charge >= 0.3 is 11.3 Å². The fraction of sp³-hybridized carbons (Fsp3) is 0.429. The number of rotatable bonds is 11. The van der Waals surface area contributed by atoms with Gasteiger partial charge in [0.2, 0.25) is 11.1 Å². The number of benzene rings is 2. The van der Waals surface area contributed by atoms with Gasteiger partial charge in [-0.15, -0.1) is 0 Å². The summed E-state index contributed by atoms with van der Waals surface area (Å²) in [5.41, 5.74) is 2.38. The Bertz CT molecular complexity index is 1260. The van der Waals surface area contributed by atoms with Crippen LogP contribution in [0, 0.1) is 0 Å². The fourth-order valence-corrected chi connectivity index (χ4v) is 5.44. The number of thioether (sulfide) groups is 1. The zero-order valence-corrected chi connectivity index (χ0v) is 22.1. The lowest BCUT2D eigenvalue weighted by atomic mass is 10.0. The zero-order chi connectivity index (χ0) is 25.5. The highest BCUT2D eigenvalue weighted by atomic mass is 32.2. The van der Waals surface area contributed by atoms with Crippen molar-refractivity contribution in [3.63, 3.8) is 0 Å². The number of carbonyl (C=O) groups excluding carboxylic acids is 1. The predicted molar refractivity (Wildman–Crippen MR) is 143 cm³/mol. The minimum Gasteiger partial charge on any atom is -0.493 e. The van der Waals surface area contributed by atoms with E-state index in [1.807, 2.05) is 48.5 Å². The van der Waals surface area contributed by atoms with Crippen molar-refractivity contribution in [2.45, 2.75) is 70.6 Å². The van der Waals surface area contributed by atoms with Gasteiger partial charge in [-0.25, -0.2) is 4.90 Å². The van der Waals surface area contributed by atoms with E-state index in [2.05, 4.69) is 18.8 Å². The van der Waals surface area contributed by atoms with Crippen LogP contribution in [-0.4, -0.2) is 28.3 Å². The molecule has 3 aromatic rings. The SMILES string of the molecule is CCCCCCOc1ccccc1[C@H]1N(C(C)=O)c2ccccc2-c2c(=O)[nH]c(SCCCC)n[n+]21. The van der Waals surface area contributed by atoms with Crippen molar-refractivity contribution in [2.24, 2.45) is 0 Å². The van der Waals surface area contributed by atoms with Crippen molar-refractivity contribution >= 4 is 23.4 Å². The minimum atomic E-state index is -0.646. The summed E-state index contributed by atoms with van der Waals surface area (Å²) in [7, 11) is 0. The first-order chi connectivity index (χ1) is 17.6. The van der Waals surface area contributed by atoms with Crippen LogP contribution >= 0.6 is 11.8 Å². The third-order valence-corrected chi connectivity index (χ3v) is 7.24. The number of para-hydroxylation sites is 2. The van der Waals surface area contributed by atoms with Gasteiger partial charge < -0.3 is 4.74 Å². The number of hydrogen-bond donors (Lipinski definition) is 1. The number of nitrogens with one attached hydrogen (secondary N) is 1. The number of unbranched alkanes of at least 4 members (excludes halogenated alkanes) is 4. The van der Waals surface area contributed by atoms with E-state index >= 15 is 0 Å². The first kappa shape index (κ1) is 25.9. The van der Waals surface area contributed by atoms with Crippen LogP contribution in [0.5, 0.6) is 5.75 Å². The van der Waals surface area contributed by atoms with E-state index in [1.54, 1.807) is 16.5 Å². The molecule has 1 N–H and O–H groups in total. The van der Waals surface area contributed by atoms with E-state index in [-0.39, 0.29) is 11.5 Å². The molecule has 2 heterocycles. The highest BCUT2D eigenvalue weighted by molar-refractivity contribution is 7.99. The van der Waals surface area contributed by atoms with Crippen molar-refractivity contribution in [1.29, 1.82) is 0 Å². The molecule has 1 amide bonds. The molecule has 0 unspecified atom stereocenters. The summed E-state index contributed by atoms with van der Waals surface area (Å²) in [5.74, 6) is 1.42. The molecule has 0 spiro atoms. The number of H-pyrrole nitrogens is 1. The largest absolute Gasteiger partial charge is 0.493 e. The maximum atomic E-state index is 13.4. The Morgan fingerprint density at radius 1 is 1.06 bits per heavy atom. The highest BCUT2D eigenvalue weighted by Gasteiger charge is 2.46. The third-order valence-electron chi connectivity index (χ3n) is 6.29. The molecular formula is C28H35N4O3S+. The van der Waals surface area contributed by atoms with E-state index in [4.69, 9.17) is 9.84 Å². The van der Waals surface area contributed by atoms with Crippen LogP contribution in [0.3, 0.4) is 0 Å². The van der Waals surface area contributed by atoms with Gasteiger partial charge in [0.25, 0.3) is 6.17 Å². The lowest BCUT2D eigenvalue weighted by Crippen LogP contribution is -2.60. The van der Waals surface area contributed by atoms with Crippen LogP contribution < -0.4 is 19.9 Å². The molecule has 0 bridgehead atoms. The summed E-state index contributed by atoms with van der Waals surface area (Å²) in [6, 6.07) is 15.3. The smallest absolute Gasteiger partial charge is 0.325 e. The highest BCUT2D eigenvalue weighted by Crippen LogP contribution is 2.39. The molecule has 0 saturated carbocycles. The van der Waals surface area contributed by atoms with Gasteiger partial charge in [0.05, 0.1) is 23.4 Å². The van der Waals surface area contributed by atoms with Gasteiger partial charge in [0.1, 0.15) is 5.75 Å². The number of nitrogens with zero attached hydrogens (tertiary/aromatic N) is 3. The molecule has 0 radical (unpaired) electrons. The van der Waals surface area contributed by atoms with E-state index in [9.17, 15) is 9.59 Å². The van der Waals surface area contributed by atoms with Crippen molar-refractivity contribution in [2.75, 3.05) is 17.3 Å². The Hall–Kier alpha value is -3.13. The van der Waals surface area contributed by atoms with Crippen molar-refractivity contribution in [1.82, 2.24) is 10.1 Å². The van der Waals surface area contributed by atoms with Gasteiger partial charge in [-0.1, -0.05) is 75.6 Å². The normalized spacial score (nSPS) is 14.3. The Morgan fingerprint density at radius 2 is 1.81 bits per heavy atom. The first-order valence-electron chi connectivity index (χ1n) is 12.9. The van der Waals surface area contributed by atoms with Crippen molar-refractivity contribution < 1.29 is 14.2 Å². The number of amides is 1. The lowest BCUT2D eigenvalue weighted by Gasteiger charge is -2.32. The fourth-order valence-electron chi connectivity index (χ4n) is 4.51. The average Bonchev–Trinajstić information content (AvgIpc) is 2.88. The van der Waals surface area contributed by atoms with E-state index in [1.165, 1.54) is 18.2 Å². The molecule has 190 valence electrons. The number of ether oxygens (including phenoxy) is 1. The summed E-state index contributed by atoms with van der Waals surface area (Å²) in [4.78, 5) is 31.2. The minimum absolute atomic E-state index is 0.134. The predicted octanol–water partition coefficient (Wildman–Crippen LogP) is 5.49. The molecular weight excluding hydrogens is 472 g/mol. The van der Waals surface area contributed by atoms with Gasteiger partial charge in [-0.3, -0.25) is 14.6 Å². The second kappa shape index (κ2) is 12.2. The first-order valence-corrected chi connectivity index (χ1v) is 13.8. The number of aromatic nitrogens is 3. The molecule has 2 aromatic carbocycles. The van der Waals surface area contributed by atoms with Crippen molar-refractivity contribution in [3.8, 4) is 17.0 Å². The van der Waals surface area contributed by atoms with Crippen LogP contribution in [-0.2, 0) is 4.79 Å². The van der Waals surface area contributed by atoms with Crippen LogP contribution in [0.2, 0.25) is 0 Å². The van der Waals surface area contributed by atoms with E-state index in [0.717, 1.165) is 43.4 Å². The maximum Gasteiger partial charge on any atom is 0.325 e. The Labute approximate surface area is 216 Å². The molecule has 1 atom stereocenters. The van der Waals surface area contributed by atoms with E-state index in [0.29, 0.717) is 34.5 Å². The monoisotopic (exact) mass is 507 g/mol. The average molecular weight is 508 g/mol. The topological polar surface area (TPSA) is 79.2 Å². The lowest BCUT2D eigenvalue weighted by molar-refractivity contribution is -0.763. The summed E-state index contributed by atoms with van der Waals surface area (Å²) in [6.45, 7) is 6.47. The van der Waals surface area contributed by atoms with E-state index < -0.39 is 6.17 Å². The molecule has 1 aliphatic rings. The number of aromatic amines is 1. The zero-order valence-electron chi connectivity index (χ0n) is 21.3. The Balaban J connectivity index is 1.84. The molecule has 1 aliphatic heterocycles. The third kappa shape index (κ3) is 5.48. The Kier molecular flexibility index (Phi) is 8.80. The number of hydrogen-bond acceptors (Lipinski definition) is 5. The maximum absolute atomic E-state index is 13.4. The second-order valence-corrected chi connectivity index (χ2v) is 10.1. The van der Waals surface area contributed by atoms with Crippen LogP contribution in [0.15, 0.2) is 58.5 Å². The Morgan fingerprint density at radius 3 is 2.58 bits per heavy atom. The number of fused-ring (bicyclic) bond motifs is 3. The van der Waals surface area contributed by atoms with Gasteiger partial charge in [0, 0.05) is 17.8 Å². The van der Waals surface area contributed by atoms with Gasteiger partial charge in [-0.05, 0) is 41.8 Å². The summed E-state index contributed by atoms with van der Waals surface area (Å²) in [5, 5.41) is 5.42. The summed E-state index contributed by atoms with van der Waals surface area (Å²) in [6.07, 6.45) is 5.86. The molecule has 8 heteroatoms. The van der Waals surface area contributed by atoms with Gasteiger partial charge in [-0.2, -0.15) is 0 Å². The second-order valence-electron chi connectivity index (χ2n) is 8.98. The van der Waals surface area contributed by atoms with Gasteiger partial charge in [0.15, 0.2) is 0 Å². The molecule has 36 heavy (non-hydrogen) atoms. The number of carbonyl (C=O) groups is 1. The standard InChI is InChI=1S/C28H34N4O3S/c1-4-6-8-13-18-35-24-17-12-10-15-22(24)27-31(20(3)33)23-16-11-9-14-21(23)25-26(34)29-28(30-32(25)27)36-19-7-5-2/h9-12,14-17,27H,4-8,13,18-19H2,1-3H3/p+1/t27-/m0/s1. The molecule has 4 rings (SSSR count). The molecule has 0 saturated heterocycles. The van der Waals surface area contributed by atoms with Crippen LogP contribution in [0.4, 0.5) is 5.69 Å². The van der Waals surface area contributed by atoms with Crippen molar-refractivity contribution in [3.05, 3.63) is 64.4 Å². The molecule has 0 fully saturated rings. The number of anilines is 1. The molecule has 0 aliphatic carbocycles. The van der Waals surface area contributed by atoms with Crippen LogP contribution in [0.1, 0.15) is 71.0 Å². The summed E-state index contributed by atoms with van der Waals surface area (Å²) < 4.78 is 7.94. The summed E-state index contributed by atoms with van der Waals surface area (Å²) >= 11 is 1.52. The molecule has 1 aromatic heterocycles. The molecule has 7 nitrogen and oxygen atoms in total. The van der Waals surface area contributed by atoms with Crippen LogP contribution in [0.25, 0.3) is 11.3 Å². The quantitative estimate of drug-likeness (QED) is 0.211.